The van der Waals surface area contributed by atoms with Crippen LogP contribution in [0.5, 0.6) is 0 Å². The van der Waals surface area contributed by atoms with Gasteiger partial charge in [0.25, 0.3) is 0 Å². The molecule has 1 N–H and O–H groups in total. The van der Waals surface area contributed by atoms with Gasteiger partial charge >= 0.3 is 6.03 Å². The van der Waals surface area contributed by atoms with Gasteiger partial charge in [-0.1, -0.05) is 42.5 Å². The van der Waals surface area contributed by atoms with E-state index in [1.54, 1.807) is 4.90 Å². The van der Waals surface area contributed by atoms with E-state index in [4.69, 9.17) is 0 Å². The van der Waals surface area contributed by atoms with E-state index in [-0.39, 0.29) is 12.1 Å². The number of piperidine rings is 1. The number of hydrogen-bond acceptors (Lipinski definition) is 2. The molecule has 1 aliphatic rings. The second-order valence-corrected chi connectivity index (χ2v) is 6.66. The van der Waals surface area contributed by atoms with Gasteiger partial charge in [-0.2, -0.15) is 0 Å². The predicted octanol–water partition coefficient (Wildman–Crippen LogP) is 3.43. The molecule has 1 aromatic rings. The Kier molecular flexibility index (Phi) is 6.22. The number of likely N-dealkylation sites (tertiary alicyclic amines) is 1. The summed E-state index contributed by atoms with van der Waals surface area (Å²) in [5.41, 5.74) is 2.35. The molecule has 1 saturated heterocycles. The Morgan fingerprint density at radius 1 is 1.35 bits per heavy atom. The van der Waals surface area contributed by atoms with Gasteiger partial charge in [0.2, 0.25) is 0 Å². The van der Waals surface area contributed by atoms with Crippen LogP contribution in [0.4, 0.5) is 4.79 Å². The predicted molar refractivity (Wildman–Crippen MR) is 95.4 cm³/mol. The van der Waals surface area contributed by atoms with Gasteiger partial charge in [-0.25, -0.2) is 4.79 Å². The van der Waals surface area contributed by atoms with Crippen LogP contribution < -0.4 is 5.32 Å². The number of nitrogens with zero attached hydrogens (tertiary/aromatic N) is 2. The largest absolute Gasteiger partial charge is 0.335 e. The van der Waals surface area contributed by atoms with E-state index in [2.05, 4.69) is 54.1 Å². The molecule has 0 radical (unpaired) electrons. The number of urea groups is 1. The minimum absolute atomic E-state index is 0.00237. The molecular weight excluding hydrogens is 286 g/mol. The second-order valence-electron chi connectivity index (χ2n) is 6.66. The summed E-state index contributed by atoms with van der Waals surface area (Å²) in [4.78, 5) is 16.3. The van der Waals surface area contributed by atoms with E-state index in [0.29, 0.717) is 12.6 Å². The lowest BCUT2D eigenvalue weighted by molar-refractivity contribution is 0.148. The van der Waals surface area contributed by atoms with Crippen LogP contribution in [-0.4, -0.2) is 48.6 Å². The van der Waals surface area contributed by atoms with Gasteiger partial charge < -0.3 is 10.2 Å². The van der Waals surface area contributed by atoms with Crippen molar-refractivity contribution >= 4 is 6.03 Å². The van der Waals surface area contributed by atoms with Crippen molar-refractivity contribution in [1.82, 2.24) is 15.1 Å². The zero-order valence-electron chi connectivity index (χ0n) is 14.6. The lowest BCUT2D eigenvalue weighted by Crippen LogP contribution is -2.48. The summed E-state index contributed by atoms with van der Waals surface area (Å²) in [7, 11) is 1.82. The van der Waals surface area contributed by atoms with Crippen molar-refractivity contribution in [2.75, 3.05) is 26.7 Å². The Labute approximate surface area is 140 Å². The average Bonchev–Trinajstić information content (AvgIpc) is 2.55. The van der Waals surface area contributed by atoms with E-state index in [0.717, 1.165) is 31.5 Å². The molecule has 0 unspecified atom stereocenters. The highest BCUT2D eigenvalue weighted by atomic mass is 16.2. The van der Waals surface area contributed by atoms with Crippen molar-refractivity contribution in [3.63, 3.8) is 0 Å². The molecule has 1 aliphatic heterocycles. The minimum Gasteiger partial charge on any atom is -0.335 e. The van der Waals surface area contributed by atoms with Crippen LogP contribution in [0.15, 0.2) is 42.5 Å². The number of likely N-dealkylation sites (N-methyl/N-ethyl adjacent to an activating group) is 1. The van der Waals surface area contributed by atoms with Crippen LogP contribution in [0.2, 0.25) is 0 Å². The molecule has 0 saturated carbocycles. The molecular formula is C19H29N3O. The molecule has 2 rings (SSSR count). The Morgan fingerprint density at radius 2 is 1.96 bits per heavy atom. The Balaban J connectivity index is 1.80. The molecule has 4 nitrogen and oxygen atoms in total. The highest BCUT2D eigenvalue weighted by Crippen LogP contribution is 2.24. The van der Waals surface area contributed by atoms with Crippen LogP contribution in [-0.2, 0) is 0 Å². The summed E-state index contributed by atoms with van der Waals surface area (Å²) in [6.45, 7) is 10.7. The van der Waals surface area contributed by atoms with Crippen molar-refractivity contribution in [3.8, 4) is 0 Å². The lowest BCUT2D eigenvalue weighted by atomic mass is 10.0. The van der Waals surface area contributed by atoms with E-state index in [9.17, 15) is 4.79 Å². The molecule has 0 aliphatic carbocycles. The van der Waals surface area contributed by atoms with Gasteiger partial charge in [0, 0.05) is 38.8 Å². The Hall–Kier alpha value is -1.81. The lowest BCUT2D eigenvalue weighted by Gasteiger charge is -2.37. The standard InChI is InChI=1S/C19H29N3O/c1-15(2)14-21(4)19(23)20-18-10-12-22(13-11-18)16(3)17-8-6-5-7-9-17/h5-9,16,18H,1,10-14H2,2-4H3,(H,20,23)/t16-/m0/s1. The maximum absolute atomic E-state index is 12.1. The number of carbonyl (C=O) groups excluding carboxylic acids is 1. The molecule has 0 aromatic heterocycles. The van der Waals surface area contributed by atoms with E-state index in [1.165, 1.54) is 5.56 Å². The monoisotopic (exact) mass is 315 g/mol. The minimum atomic E-state index is 0.00237. The number of nitrogens with one attached hydrogen (secondary N) is 1. The van der Waals surface area contributed by atoms with E-state index >= 15 is 0 Å². The van der Waals surface area contributed by atoms with Gasteiger partial charge in [-0.3, -0.25) is 4.90 Å². The van der Waals surface area contributed by atoms with Crippen LogP contribution >= 0.6 is 0 Å². The molecule has 2 amide bonds. The van der Waals surface area contributed by atoms with Crippen molar-refractivity contribution in [3.05, 3.63) is 48.0 Å². The number of carbonyl (C=O) groups is 1. The first kappa shape index (κ1) is 17.5. The fraction of sp³-hybridized carbons (Fsp3) is 0.526. The van der Waals surface area contributed by atoms with E-state index in [1.807, 2.05) is 14.0 Å². The summed E-state index contributed by atoms with van der Waals surface area (Å²) in [5, 5.41) is 3.14. The highest BCUT2D eigenvalue weighted by molar-refractivity contribution is 5.74. The molecule has 4 heteroatoms. The third-order valence-electron chi connectivity index (χ3n) is 4.54. The van der Waals surface area contributed by atoms with Crippen molar-refractivity contribution in [2.45, 2.75) is 38.8 Å². The molecule has 1 atom stereocenters. The topological polar surface area (TPSA) is 35.6 Å². The zero-order chi connectivity index (χ0) is 16.8. The van der Waals surface area contributed by atoms with Gasteiger partial charge in [0.1, 0.15) is 0 Å². The molecule has 1 fully saturated rings. The molecule has 1 heterocycles. The quantitative estimate of drug-likeness (QED) is 0.845. The number of hydrogen-bond donors (Lipinski definition) is 1. The van der Waals surface area contributed by atoms with Crippen LogP contribution in [0, 0.1) is 0 Å². The highest BCUT2D eigenvalue weighted by Gasteiger charge is 2.25. The van der Waals surface area contributed by atoms with Gasteiger partial charge in [-0.15, -0.1) is 0 Å². The molecule has 126 valence electrons. The number of benzene rings is 1. The van der Waals surface area contributed by atoms with Crippen LogP contribution in [0.25, 0.3) is 0 Å². The van der Waals surface area contributed by atoms with Gasteiger partial charge in [-0.05, 0) is 32.3 Å². The molecule has 0 bridgehead atoms. The summed E-state index contributed by atoms with van der Waals surface area (Å²) in [5.74, 6) is 0. The summed E-state index contributed by atoms with van der Waals surface area (Å²) < 4.78 is 0. The molecule has 23 heavy (non-hydrogen) atoms. The maximum Gasteiger partial charge on any atom is 0.317 e. The first-order valence-corrected chi connectivity index (χ1v) is 8.42. The molecule has 1 aromatic carbocycles. The maximum atomic E-state index is 12.1. The summed E-state index contributed by atoms with van der Waals surface area (Å²) in [6, 6.07) is 11.3. The summed E-state index contributed by atoms with van der Waals surface area (Å²) in [6.07, 6.45) is 2.01. The SMILES string of the molecule is C=C(C)CN(C)C(=O)NC1CCN([C@@H](C)c2ccccc2)CC1. The van der Waals surface area contributed by atoms with Crippen LogP contribution in [0.3, 0.4) is 0 Å². The number of amides is 2. The molecule has 0 spiro atoms. The van der Waals surface area contributed by atoms with Gasteiger partial charge in [0.05, 0.1) is 0 Å². The van der Waals surface area contributed by atoms with Crippen LogP contribution in [0.1, 0.15) is 38.3 Å². The third-order valence-corrected chi connectivity index (χ3v) is 4.54. The zero-order valence-corrected chi connectivity index (χ0v) is 14.6. The van der Waals surface area contributed by atoms with Crippen molar-refractivity contribution < 1.29 is 4.79 Å². The first-order valence-electron chi connectivity index (χ1n) is 8.42. The normalized spacial score (nSPS) is 17.5. The fourth-order valence-corrected chi connectivity index (χ4v) is 3.13. The van der Waals surface area contributed by atoms with Gasteiger partial charge in [0.15, 0.2) is 0 Å². The van der Waals surface area contributed by atoms with E-state index < -0.39 is 0 Å². The number of rotatable bonds is 5. The smallest absolute Gasteiger partial charge is 0.317 e. The first-order chi connectivity index (χ1) is 11.0. The summed E-state index contributed by atoms with van der Waals surface area (Å²) >= 11 is 0. The fourth-order valence-electron chi connectivity index (χ4n) is 3.13. The Morgan fingerprint density at radius 3 is 2.52 bits per heavy atom. The average molecular weight is 315 g/mol. The van der Waals surface area contributed by atoms with Crippen molar-refractivity contribution in [2.24, 2.45) is 0 Å². The van der Waals surface area contributed by atoms with Crippen molar-refractivity contribution in [1.29, 1.82) is 0 Å². The Bertz CT molecular complexity index is 521. The third kappa shape index (κ3) is 5.10. The second kappa shape index (κ2) is 8.16.